The summed E-state index contributed by atoms with van der Waals surface area (Å²) in [6, 6.07) is 8.99. The van der Waals surface area contributed by atoms with Gasteiger partial charge in [-0.15, -0.1) is 0 Å². The first kappa shape index (κ1) is 13.2. The summed E-state index contributed by atoms with van der Waals surface area (Å²) >= 11 is 0. The molecule has 20 heavy (non-hydrogen) atoms. The molecule has 1 saturated heterocycles. The van der Waals surface area contributed by atoms with Crippen LogP contribution >= 0.6 is 0 Å². The van der Waals surface area contributed by atoms with E-state index in [-0.39, 0.29) is 0 Å². The van der Waals surface area contributed by atoms with Crippen molar-refractivity contribution in [3.63, 3.8) is 0 Å². The van der Waals surface area contributed by atoms with Gasteiger partial charge in [0.05, 0.1) is 19.8 Å². The second-order valence-corrected chi connectivity index (χ2v) is 5.32. The fourth-order valence-electron chi connectivity index (χ4n) is 2.61. The Morgan fingerprint density at radius 3 is 2.90 bits per heavy atom. The number of nitrogens with one attached hydrogen (secondary N) is 2. The Morgan fingerprint density at radius 1 is 1.35 bits per heavy atom. The van der Waals surface area contributed by atoms with Crippen LogP contribution in [0.4, 0.5) is 5.69 Å². The van der Waals surface area contributed by atoms with Gasteiger partial charge in [0.15, 0.2) is 5.96 Å². The number of anilines is 1. The molecule has 108 valence electrons. The van der Waals surface area contributed by atoms with Crippen molar-refractivity contribution in [2.45, 2.75) is 19.5 Å². The fraction of sp³-hybridized carbons (Fsp3) is 0.533. The molecule has 1 atom stereocenters. The number of nitrogens with zero attached hydrogens (tertiary/aromatic N) is 2. The molecule has 0 radical (unpaired) electrons. The van der Waals surface area contributed by atoms with Crippen molar-refractivity contribution in [1.29, 1.82) is 0 Å². The van der Waals surface area contributed by atoms with Gasteiger partial charge in [-0.05, 0) is 18.6 Å². The minimum atomic E-state index is 0.437. The first-order valence-electron chi connectivity index (χ1n) is 7.28. The van der Waals surface area contributed by atoms with Gasteiger partial charge in [0.1, 0.15) is 0 Å². The van der Waals surface area contributed by atoms with Gasteiger partial charge in [0.2, 0.25) is 0 Å². The highest BCUT2D eigenvalue weighted by Crippen LogP contribution is 2.21. The molecule has 3 rings (SSSR count). The molecule has 0 saturated carbocycles. The first-order valence-corrected chi connectivity index (χ1v) is 7.28. The lowest BCUT2D eigenvalue weighted by molar-refractivity contribution is 0.122. The molecule has 1 unspecified atom stereocenters. The minimum Gasteiger partial charge on any atom is -0.378 e. The van der Waals surface area contributed by atoms with E-state index in [0.29, 0.717) is 6.04 Å². The van der Waals surface area contributed by atoms with Crippen molar-refractivity contribution in [2.75, 3.05) is 37.7 Å². The SMILES string of the molecule is CC1CN=C(NCc2ccccc2N2CCOCC2)N1. The highest BCUT2D eigenvalue weighted by Gasteiger charge is 2.16. The molecule has 0 bridgehead atoms. The Hall–Kier alpha value is -1.75. The number of guanidine groups is 1. The Morgan fingerprint density at radius 2 is 2.15 bits per heavy atom. The zero-order valence-corrected chi connectivity index (χ0v) is 11.9. The van der Waals surface area contributed by atoms with Crippen LogP contribution in [0.5, 0.6) is 0 Å². The van der Waals surface area contributed by atoms with Crippen LogP contribution in [0.3, 0.4) is 0 Å². The molecule has 0 amide bonds. The van der Waals surface area contributed by atoms with Crippen molar-refractivity contribution in [3.05, 3.63) is 29.8 Å². The molecule has 1 aromatic rings. The maximum Gasteiger partial charge on any atom is 0.191 e. The summed E-state index contributed by atoms with van der Waals surface area (Å²) in [5.74, 6) is 0.911. The predicted octanol–water partition coefficient (Wildman–Crippen LogP) is 0.960. The lowest BCUT2D eigenvalue weighted by atomic mass is 10.1. The van der Waals surface area contributed by atoms with Crippen molar-refractivity contribution in [1.82, 2.24) is 10.6 Å². The quantitative estimate of drug-likeness (QED) is 0.862. The molecular weight excluding hydrogens is 252 g/mol. The van der Waals surface area contributed by atoms with E-state index in [0.717, 1.165) is 45.4 Å². The van der Waals surface area contributed by atoms with Crippen LogP contribution in [0.2, 0.25) is 0 Å². The molecule has 0 aromatic heterocycles. The van der Waals surface area contributed by atoms with E-state index in [9.17, 15) is 0 Å². The van der Waals surface area contributed by atoms with Gasteiger partial charge in [-0.25, -0.2) is 0 Å². The van der Waals surface area contributed by atoms with Crippen molar-refractivity contribution in [3.8, 4) is 0 Å². The maximum atomic E-state index is 5.43. The van der Waals surface area contributed by atoms with E-state index in [1.165, 1.54) is 11.3 Å². The van der Waals surface area contributed by atoms with Gasteiger partial charge in [-0.3, -0.25) is 4.99 Å². The summed E-state index contributed by atoms with van der Waals surface area (Å²) in [7, 11) is 0. The number of para-hydroxylation sites is 1. The highest BCUT2D eigenvalue weighted by atomic mass is 16.5. The van der Waals surface area contributed by atoms with Gasteiger partial charge in [0, 0.05) is 31.4 Å². The molecule has 2 N–H and O–H groups in total. The summed E-state index contributed by atoms with van der Waals surface area (Å²) in [6.07, 6.45) is 0. The maximum absolute atomic E-state index is 5.43. The van der Waals surface area contributed by atoms with E-state index >= 15 is 0 Å². The van der Waals surface area contributed by atoms with E-state index in [1.807, 2.05) is 0 Å². The summed E-state index contributed by atoms with van der Waals surface area (Å²) in [4.78, 5) is 6.83. The molecule has 0 aliphatic carbocycles. The summed E-state index contributed by atoms with van der Waals surface area (Å²) in [6.45, 7) is 7.35. The monoisotopic (exact) mass is 274 g/mol. The molecule has 5 nitrogen and oxygen atoms in total. The summed E-state index contributed by atoms with van der Waals surface area (Å²) < 4.78 is 5.43. The number of morpholine rings is 1. The average molecular weight is 274 g/mol. The highest BCUT2D eigenvalue weighted by molar-refractivity contribution is 5.81. The summed E-state index contributed by atoms with van der Waals surface area (Å²) in [5.41, 5.74) is 2.60. The van der Waals surface area contributed by atoms with Crippen LogP contribution in [0.15, 0.2) is 29.3 Å². The smallest absolute Gasteiger partial charge is 0.191 e. The van der Waals surface area contributed by atoms with Crippen molar-refractivity contribution >= 4 is 11.6 Å². The van der Waals surface area contributed by atoms with E-state index in [2.05, 4.69) is 51.7 Å². The Kier molecular flexibility index (Phi) is 4.06. The standard InChI is InChI=1S/C15H22N4O/c1-12-10-16-15(18-12)17-11-13-4-2-3-5-14(13)19-6-8-20-9-7-19/h2-5,12H,6-11H2,1H3,(H2,16,17,18). The van der Waals surface area contributed by atoms with E-state index < -0.39 is 0 Å². The second kappa shape index (κ2) is 6.13. The van der Waals surface area contributed by atoms with Gasteiger partial charge < -0.3 is 20.3 Å². The van der Waals surface area contributed by atoms with E-state index in [4.69, 9.17) is 4.74 Å². The van der Waals surface area contributed by atoms with Gasteiger partial charge in [0.25, 0.3) is 0 Å². The molecule has 2 aliphatic heterocycles. The van der Waals surface area contributed by atoms with Crippen LogP contribution in [0.1, 0.15) is 12.5 Å². The number of aliphatic imine (C=N–C) groups is 1. The lowest BCUT2D eigenvalue weighted by Crippen LogP contribution is -2.39. The third-order valence-corrected chi connectivity index (χ3v) is 3.70. The molecule has 5 heteroatoms. The predicted molar refractivity (Wildman–Crippen MR) is 81.2 cm³/mol. The molecule has 1 aromatic carbocycles. The normalized spacial score (nSPS) is 22.4. The molecule has 2 heterocycles. The van der Waals surface area contributed by atoms with Crippen LogP contribution < -0.4 is 15.5 Å². The van der Waals surface area contributed by atoms with Crippen molar-refractivity contribution < 1.29 is 4.74 Å². The average Bonchev–Trinajstić information content (AvgIpc) is 2.92. The fourth-order valence-corrected chi connectivity index (χ4v) is 2.61. The summed E-state index contributed by atoms with van der Waals surface area (Å²) in [5, 5.41) is 6.72. The van der Waals surface area contributed by atoms with Crippen LogP contribution in [0.25, 0.3) is 0 Å². The third kappa shape index (κ3) is 3.04. The Balaban J connectivity index is 1.66. The van der Waals surface area contributed by atoms with Crippen LogP contribution in [0, 0.1) is 0 Å². The van der Waals surface area contributed by atoms with E-state index in [1.54, 1.807) is 0 Å². The number of rotatable bonds is 3. The largest absolute Gasteiger partial charge is 0.378 e. The zero-order chi connectivity index (χ0) is 13.8. The third-order valence-electron chi connectivity index (χ3n) is 3.70. The Labute approximate surface area is 120 Å². The topological polar surface area (TPSA) is 48.9 Å². The number of hydrogen-bond acceptors (Lipinski definition) is 5. The van der Waals surface area contributed by atoms with Gasteiger partial charge in [-0.2, -0.15) is 0 Å². The minimum absolute atomic E-state index is 0.437. The lowest BCUT2D eigenvalue weighted by Gasteiger charge is -2.30. The van der Waals surface area contributed by atoms with Gasteiger partial charge in [-0.1, -0.05) is 18.2 Å². The first-order chi connectivity index (χ1) is 9.83. The zero-order valence-electron chi connectivity index (χ0n) is 11.9. The van der Waals surface area contributed by atoms with Crippen molar-refractivity contribution in [2.24, 2.45) is 4.99 Å². The Bertz CT molecular complexity index is 483. The number of hydrogen-bond donors (Lipinski definition) is 2. The molecular formula is C15H22N4O. The molecule has 1 fully saturated rings. The molecule has 0 spiro atoms. The van der Waals surface area contributed by atoms with Crippen LogP contribution in [-0.2, 0) is 11.3 Å². The second-order valence-electron chi connectivity index (χ2n) is 5.32. The molecule has 2 aliphatic rings. The number of benzene rings is 1. The van der Waals surface area contributed by atoms with Gasteiger partial charge >= 0.3 is 0 Å². The van der Waals surface area contributed by atoms with Crippen LogP contribution in [-0.4, -0.2) is 44.8 Å². The number of ether oxygens (including phenoxy) is 1.